The van der Waals surface area contributed by atoms with E-state index in [1.54, 1.807) is 12.1 Å². The van der Waals surface area contributed by atoms with E-state index in [1.165, 1.54) is 0 Å². The highest BCUT2D eigenvalue weighted by Gasteiger charge is 2.11. The molecule has 0 aliphatic carbocycles. The Balaban J connectivity index is 1.68. The topological polar surface area (TPSA) is 47.6 Å². The summed E-state index contributed by atoms with van der Waals surface area (Å²) in [6.07, 6.45) is 0. The van der Waals surface area contributed by atoms with Crippen LogP contribution in [0.15, 0.2) is 78.9 Å². The number of benzene rings is 3. The summed E-state index contributed by atoms with van der Waals surface area (Å²) in [5, 5.41) is 2.94. The summed E-state index contributed by atoms with van der Waals surface area (Å²) in [5.41, 5.74) is 2.25. The molecular weight excluding hydrogens is 350 g/mol. The number of ether oxygens (including phenoxy) is 2. The fraction of sp³-hybridized carbons (Fsp3) is 0.208. The summed E-state index contributed by atoms with van der Waals surface area (Å²) >= 11 is 0. The average molecular weight is 375 g/mol. The van der Waals surface area contributed by atoms with Crippen molar-refractivity contribution in [1.29, 1.82) is 0 Å². The molecule has 0 atom stereocenters. The van der Waals surface area contributed by atoms with Gasteiger partial charge < -0.3 is 14.8 Å². The molecule has 0 aromatic heterocycles. The van der Waals surface area contributed by atoms with Gasteiger partial charge in [-0.3, -0.25) is 4.79 Å². The maximum absolute atomic E-state index is 12.7. The second kappa shape index (κ2) is 9.60. The Kier molecular flexibility index (Phi) is 6.68. The number of carbonyl (C=O) groups is 1. The lowest BCUT2D eigenvalue weighted by atomic mass is 10.2. The average Bonchev–Trinajstić information content (AvgIpc) is 2.72. The van der Waals surface area contributed by atoms with Gasteiger partial charge in [-0.1, -0.05) is 62.4 Å². The van der Waals surface area contributed by atoms with Crippen molar-refractivity contribution in [3.63, 3.8) is 0 Å². The lowest BCUT2D eigenvalue weighted by Gasteiger charge is -2.13. The van der Waals surface area contributed by atoms with Crippen LogP contribution in [0.4, 0.5) is 5.69 Å². The molecule has 0 saturated heterocycles. The van der Waals surface area contributed by atoms with Crippen molar-refractivity contribution in [1.82, 2.24) is 0 Å². The molecule has 0 spiro atoms. The van der Waals surface area contributed by atoms with Gasteiger partial charge in [0, 0.05) is 5.56 Å². The fourth-order valence-electron chi connectivity index (χ4n) is 2.62. The number of hydrogen-bond donors (Lipinski definition) is 1. The highest BCUT2D eigenvalue weighted by Crippen LogP contribution is 2.26. The van der Waals surface area contributed by atoms with Crippen LogP contribution < -0.4 is 14.8 Å². The summed E-state index contributed by atoms with van der Waals surface area (Å²) in [7, 11) is 0. The van der Waals surface area contributed by atoms with Crippen molar-refractivity contribution in [3.8, 4) is 11.5 Å². The van der Waals surface area contributed by atoms with Gasteiger partial charge in [-0.25, -0.2) is 0 Å². The third-order valence-corrected chi connectivity index (χ3v) is 4.05. The normalized spacial score (nSPS) is 10.5. The molecule has 0 saturated carbocycles. The number of amides is 1. The minimum absolute atomic E-state index is 0.203. The van der Waals surface area contributed by atoms with E-state index in [2.05, 4.69) is 19.2 Å². The van der Waals surface area contributed by atoms with E-state index in [4.69, 9.17) is 9.47 Å². The SMILES string of the molecule is CC(C)COc1cccc(C(=O)Nc2ccccc2OCc2ccccc2)c1. The van der Waals surface area contributed by atoms with Crippen molar-refractivity contribution in [2.24, 2.45) is 5.92 Å². The molecule has 0 bridgehead atoms. The minimum atomic E-state index is -0.203. The van der Waals surface area contributed by atoms with E-state index < -0.39 is 0 Å². The second-order valence-electron chi connectivity index (χ2n) is 6.96. The molecule has 144 valence electrons. The van der Waals surface area contributed by atoms with Crippen molar-refractivity contribution in [2.45, 2.75) is 20.5 Å². The van der Waals surface area contributed by atoms with Crippen molar-refractivity contribution < 1.29 is 14.3 Å². The van der Waals surface area contributed by atoms with Crippen LogP contribution in [0.1, 0.15) is 29.8 Å². The molecule has 0 heterocycles. The van der Waals surface area contributed by atoms with Crippen LogP contribution in [0.25, 0.3) is 0 Å². The zero-order valence-corrected chi connectivity index (χ0v) is 16.2. The Labute approximate surface area is 166 Å². The maximum atomic E-state index is 12.7. The van der Waals surface area contributed by atoms with E-state index >= 15 is 0 Å². The first kappa shape index (κ1) is 19.5. The molecule has 1 N–H and O–H groups in total. The number of carbonyl (C=O) groups excluding carboxylic acids is 1. The van der Waals surface area contributed by atoms with Gasteiger partial charge in [0.2, 0.25) is 0 Å². The molecule has 0 fully saturated rings. The second-order valence-corrected chi connectivity index (χ2v) is 6.96. The highest BCUT2D eigenvalue weighted by molar-refractivity contribution is 6.05. The maximum Gasteiger partial charge on any atom is 0.255 e. The standard InChI is InChI=1S/C24H25NO3/c1-18(2)16-27-21-12-8-11-20(15-21)24(26)25-22-13-6-7-14-23(22)28-17-19-9-4-3-5-10-19/h3-15,18H,16-17H2,1-2H3,(H,25,26). The summed E-state index contributed by atoms with van der Waals surface area (Å²) in [6, 6.07) is 24.6. The first-order chi connectivity index (χ1) is 13.6. The third kappa shape index (κ3) is 5.61. The largest absolute Gasteiger partial charge is 0.493 e. The molecule has 4 nitrogen and oxygen atoms in total. The molecule has 0 unspecified atom stereocenters. The number of nitrogens with one attached hydrogen (secondary N) is 1. The number of anilines is 1. The first-order valence-electron chi connectivity index (χ1n) is 9.42. The van der Waals surface area contributed by atoms with Crippen LogP contribution in [-0.2, 0) is 6.61 Å². The molecular formula is C24H25NO3. The van der Waals surface area contributed by atoms with Crippen molar-refractivity contribution >= 4 is 11.6 Å². The van der Waals surface area contributed by atoms with Crippen LogP contribution in [0.2, 0.25) is 0 Å². The Morgan fingerprint density at radius 2 is 1.64 bits per heavy atom. The molecule has 3 rings (SSSR count). The van der Waals surface area contributed by atoms with E-state index in [0.717, 1.165) is 5.56 Å². The zero-order chi connectivity index (χ0) is 19.8. The predicted molar refractivity (Wildman–Crippen MR) is 112 cm³/mol. The zero-order valence-electron chi connectivity index (χ0n) is 16.2. The van der Waals surface area contributed by atoms with Crippen LogP contribution in [0.5, 0.6) is 11.5 Å². The molecule has 28 heavy (non-hydrogen) atoms. The summed E-state index contributed by atoms with van der Waals surface area (Å²) < 4.78 is 11.6. The number of hydrogen-bond acceptors (Lipinski definition) is 3. The number of para-hydroxylation sites is 2. The van der Waals surface area contributed by atoms with Gasteiger partial charge in [-0.05, 0) is 41.8 Å². The molecule has 3 aromatic carbocycles. The minimum Gasteiger partial charge on any atom is -0.493 e. The van der Waals surface area contributed by atoms with E-state index in [9.17, 15) is 4.79 Å². The van der Waals surface area contributed by atoms with Gasteiger partial charge in [-0.15, -0.1) is 0 Å². The first-order valence-corrected chi connectivity index (χ1v) is 9.42. The van der Waals surface area contributed by atoms with Gasteiger partial charge in [0.05, 0.1) is 12.3 Å². The monoisotopic (exact) mass is 375 g/mol. The number of rotatable bonds is 8. The highest BCUT2D eigenvalue weighted by atomic mass is 16.5. The van der Waals surface area contributed by atoms with Gasteiger partial charge in [0.15, 0.2) is 0 Å². The van der Waals surface area contributed by atoms with Gasteiger partial charge in [-0.2, -0.15) is 0 Å². The van der Waals surface area contributed by atoms with E-state index in [-0.39, 0.29) is 5.91 Å². The molecule has 3 aromatic rings. The summed E-state index contributed by atoms with van der Waals surface area (Å²) in [4.78, 5) is 12.7. The lowest BCUT2D eigenvalue weighted by molar-refractivity contribution is 0.102. The van der Waals surface area contributed by atoms with Crippen LogP contribution in [-0.4, -0.2) is 12.5 Å². The quantitative estimate of drug-likeness (QED) is 0.561. The van der Waals surface area contributed by atoms with Crippen molar-refractivity contribution in [3.05, 3.63) is 90.0 Å². The third-order valence-electron chi connectivity index (χ3n) is 4.05. The molecule has 0 aliphatic rings. The Morgan fingerprint density at radius 1 is 0.893 bits per heavy atom. The van der Waals surface area contributed by atoms with Gasteiger partial charge >= 0.3 is 0 Å². The van der Waals surface area contributed by atoms with Gasteiger partial charge in [0.25, 0.3) is 5.91 Å². The van der Waals surface area contributed by atoms with Crippen LogP contribution in [0, 0.1) is 5.92 Å². The Morgan fingerprint density at radius 3 is 2.43 bits per heavy atom. The van der Waals surface area contributed by atoms with E-state index in [1.807, 2.05) is 66.7 Å². The summed E-state index contributed by atoms with van der Waals surface area (Å²) in [5.74, 6) is 1.54. The van der Waals surface area contributed by atoms with Crippen LogP contribution in [0.3, 0.4) is 0 Å². The molecule has 0 radical (unpaired) electrons. The molecule has 0 aliphatic heterocycles. The Bertz CT molecular complexity index is 906. The van der Waals surface area contributed by atoms with Crippen LogP contribution >= 0.6 is 0 Å². The van der Waals surface area contributed by atoms with Gasteiger partial charge in [0.1, 0.15) is 18.1 Å². The Hall–Kier alpha value is -3.27. The fourth-order valence-corrected chi connectivity index (χ4v) is 2.62. The van der Waals surface area contributed by atoms with E-state index in [0.29, 0.717) is 41.9 Å². The smallest absolute Gasteiger partial charge is 0.255 e. The summed E-state index contributed by atoms with van der Waals surface area (Å²) in [6.45, 7) is 5.22. The lowest BCUT2D eigenvalue weighted by Crippen LogP contribution is -2.13. The molecule has 4 heteroatoms. The predicted octanol–water partition coefficient (Wildman–Crippen LogP) is 5.55. The molecule has 1 amide bonds. The van der Waals surface area contributed by atoms with Crippen molar-refractivity contribution in [2.75, 3.05) is 11.9 Å².